The van der Waals surface area contributed by atoms with E-state index in [-0.39, 0.29) is 11.9 Å². The maximum Gasteiger partial charge on any atom is 0.314 e. The quantitative estimate of drug-likeness (QED) is 0.553. The second-order valence-electron chi connectivity index (χ2n) is 7.88. The van der Waals surface area contributed by atoms with Gasteiger partial charge in [-0.1, -0.05) is 25.1 Å². The van der Waals surface area contributed by atoms with Crippen molar-refractivity contribution in [1.29, 1.82) is 0 Å². The number of fused-ring (bicyclic) bond motifs is 1. The van der Waals surface area contributed by atoms with E-state index in [2.05, 4.69) is 6.92 Å². The predicted molar refractivity (Wildman–Crippen MR) is 111 cm³/mol. The van der Waals surface area contributed by atoms with Gasteiger partial charge in [0.05, 0.1) is 10.8 Å². The Morgan fingerprint density at radius 1 is 1.03 bits per heavy atom. The summed E-state index contributed by atoms with van der Waals surface area (Å²) in [5, 5.41) is 0. The Kier molecular flexibility index (Phi) is 5.74. The van der Waals surface area contributed by atoms with E-state index in [1.165, 1.54) is 15.4 Å². The van der Waals surface area contributed by atoms with E-state index in [1.807, 2.05) is 36.4 Å². The number of esters is 1. The van der Waals surface area contributed by atoms with Crippen molar-refractivity contribution in [2.45, 2.75) is 50.3 Å². The molecule has 0 spiro atoms. The third kappa shape index (κ3) is 4.23. The lowest BCUT2D eigenvalue weighted by Gasteiger charge is -2.30. The molecule has 0 unspecified atom stereocenters. The van der Waals surface area contributed by atoms with E-state index < -0.39 is 10.0 Å². The molecule has 1 aliphatic heterocycles. The highest BCUT2D eigenvalue weighted by Crippen LogP contribution is 2.29. The van der Waals surface area contributed by atoms with Gasteiger partial charge in [0.15, 0.2) is 0 Å². The molecule has 1 aliphatic carbocycles. The fourth-order valence-electron chi connectivity index (χ4n) is 4.18. The Morgan fingerprint density at radius 3 is 2.41 bits per heavy atom. The summed E-state index contributed by atoms with van der Waals surface area (Å²) in [4.78, 5) is 12.9. The minimum absolute atomic E-state index is 0.271. The maximum atomic E-state index is 13.0. The highest BCUT2D eigenvalue weighted by molar-refractivity contribution is 7.89. The van der Waals surface area contributed by atoms with Crippen LogP contribution < -0.4 is 4.74 Å². The monoisotopic (exact) mass is 413 g/mol. The van der Waals surface area contributed by atoms with E-state index >= 15 is 0 Å². The Hall–Kier alpha value is -2.18. The van der Waals surface area contributed by atoms with Crippen molar-refractivity contribution in [2.75, 3.05) is 13.1 Å². The molecule has 2 aliphatic rings. The number of nitrogens with zero attached hydrogens (tertiary/aromatic N) is 1. The smallest absolute Gasteiger partial charge is 0.314 e. The third-order valence-corrected chi connectivity index (χ3v) is 7.94. The summed E-state index contributed by atoms with van der Waals surface area (Å²) in [6, 6.07) is 13.0. The molecule has 29 heavy (non-hydrogen) atoms. The highest BCUT2D eigenvalue weighted by Gasteiger charge is 2.33. The van der Waals surface area contributed by atoms with Crippen LogP contribution in [0, 0.1) is 5.92 Å². The Bertz CT molecular complexity index is 990. The maximum absolute atomic E-state index is 13.0. The molecule has 6 heteroatoms. The molecule has 0 N–H and O–H groups in total. The molecule has 2 aromatic carbocycles. The zero-order chi connectivity index (χ0) is 20.4. The van der Waals surface area contributed by atoms with Gasteiger partial charge >= 0.3 is 5.97 Å². The van der Waals surface area contributed by atoms with Gasteiger partial charge in [-0.3, -0.25) is 4.79 Å². The summed E-state index contributed by atoms with van der Waals surface area (Å²) in [5.41, 5.74) is 3.60. The van der Waals surface area contributed by atoms with Gasteiger partial charge in [-0.05, 0) is 79.5 Å². The highest BCUT2D eigenvalue weighted by atomic mass is 32.2. The molecule has 0 bridgehead atoms. The number of piperidine rings is 1. The zero-order valence-electron chi connectivity index (χ0n) is 16.8. The largest absolute Gasteiger partial charge is 0.426 e. The number of carbonyl (C=O) groups is 1. The lowest BCUT2D eigenvalue weighted by Crippen LogP contribution is -2.41. The molecule has 0 aromatic heterocycles. The standard InChI is InChI=1S/C23H27NO4S/c1-2-17-6-9-21(10-7-17)28-23(25)19-12-14-24(15-13-19)29(26,27)22-11-8-18-4-3-5-20(18)16-22/h6-11,16,19H,2-5,12-15H2,1H3. The molecule has 0 saturated carbocycles. The van der Waals surface area contributed by atoms with E-state index in [9.17, 15) is 13.2 Å². The van der Waals surface area contributed by atoms with Gasteiger partial charge < -0.3 is 4.74 Å². The number of rotatable bonds is 5. The van der Waals surface area contributed by atoms with Crippen LogP contribution in [-0.4, -0.2) is 31.8 Å². The van der Waals surface area contributed by atoms with E-state index in [0.29, 0.717) is 36.6 Å². The summed E-state index contributed by atoms with van der Waals surface area (Å²) in [7, 11) is -3.52. The first-order valence-electron chi connectivity index (χ1n) is 10.4. The van der Waals surface area contributed by atoms with Crippen LogP contribution in [0.5, 0.6) is 5.75 Å². The average Bonchev–Trinajstić information content (AvgIpc) is 3.22. The van der Waals surface area contributed by atoms with Crippen LogP contribution in [0.4, 0.5) is 0 Å². The van der Waals surface area contributed by atoms with Crippen LogP contribution in [-0.2, 0) is 34.1 Å². The van der Waals surface area contributed by atoms with Crippen LogP contribution in [0.3, 0.4) is 0 Å². The average molecular weight is 414 g/mol. The summed E-state index contributed by atoms with van der Waals surface area (Å²) in [6.45, 7) is 2.76. The van der Waals surface area contributed by atoms with Crippen LogP contribution in [0.25, 0.3) is 0 Å². The van der Waals surface area contributed by atoms with E-state index in [0.717, 1.165) is 31.2 Å². The van der Waals surface area contributed by atoms with Crippen molar-refractivity contribution in [2.24, 2.45) is 5.92 Å². The second kappa shape index (κ2) is 8.28. The number of hydrogen-bond acceptors (Lipinski definition) is 4. The Labute approximate surface area is 172 Å². The molecular weight excluding hydrogens is 386 g/mol. The number of aryl methyl sites for hydroxylation is 3. The summed E-state index contributed by atoms with van der Waals surface area (Å²) < 4.78 is 33.1. The van der Waals surface area contributed by atoms with Crippen LogP contribution in [0.1, 0.15) is 42.9 Å². The molecule has 1 heterocycles. The molecule has 154 valence electrons. The fraction of sp³-hybridized carbons (Fsp3) is 0.435. The summed E-state index contributed by atoms with van der Waals surface area (Å²) in [6.07, 6.45) is 4.97. The summed E-state index contributed by atoms with van der Waals surface area (Å²) in [5.74, 6) is -0.00320. The van der Waals surface area contributed by atoms with Gasteiger partial charge in [0.1, 0.15) is 5.75 Å². The zero-order valence-corrected chi connectivity index (χ0v) is 17.6. The van der Waals surface area contributed by atoms with Crippen LogP contribution >= 0.6 is 0 Å². The first-order valence-corrected chi connectivity index (χ1v) is 11.8. The third-order valence-electron chi connectivity index (χ3n) is 6.05. The second-order valence-corrected chi connectivity index (χ2v) is 9.82. The minimum Gasteiger partial charge on any atom is -0.426 e. The lowest BCUT2D eigenvalue weighted by molar-refractivity contribution is -0.140. The van der Waals surface area contributed by atoms with E-state index in [1.54, 1.807) is 6.07 Å². The minimum atomic E-state index is -3.52. The van der Waals surface area contributed by atoms with Crippen molar-refractivity contribution >= 4 is 16.0 Å². The van der Waals surface area contributed by atoms with Crippen molar-refractivity contribution in [3.05, 3.63) is 59.2 Å². The molecular formula is C23H27NO4S. The van der Waals surface area contributed by atoms with Gasteiger partial charge in [0, 0.05) is 13.1 Å². The van der Waals surface area contributed by atoms with Crippen molar-refractivity contribution in [3.8, 4) is 5.75 Å². The molecule has 1 fully saturated rings. The number of carbonyl (C=O) groups excluding carboxylic acids is 1. The normalized spacial score (nSPS) is 17.8. The summed E-state index contributed by atoms with van der Waals surface area (Å²) >= 11 is 0. The van der Waals surface area contributed by atoms with Crippen molar-refractivity contribution in [1.82, 2.24) is 4.31 Å². The molecule has 2 aromatic rings. The molecule has 5 nitrogen and oxygen atoms in total. The van der Waals surface area contributed by atoms with Gasteiger partial charge in [-0.25, -0.2) is 8.42 Å². The molecule has 4 rings (SSSR count). The number of hydrogen-bond donors (Lipinski definition) is 0. The fourth-order valence-corrected chi connectivity index (χ4v) is 5.70. The molecule has 0 amide bonds. The first kappa shape index (κ1) is 20.1. The van der Waals surface area contributed by atoms with Gasteiger partial charge in [-0.15, -0.1) is 0 Å². The van der Waals surface area contributed by atoms with Gasteiger partial charge in [-0.2, -0.15) is 4.31 Å². The van der Waals surface area contributed by atoms with E-state index in [4.69, 9.17) is 4.74 Å². The van der Waals surface area contributed by atoms with Crippen LogP contribution in [0.15, 0.2) is 47.4 Å². The number of benzene rings is 2. The first-order chi connectivity index (χ1) is 14.0. The van der Waals surface area contributed by atoms with Gasteiger partial charge in [0.2, 0.25) is 10.0 Å². The Balaban J connectivity index is 1.37. The molecule has 1 saturated heterocycles. The topological polar surface area (TPSA) is 63.7 Å². The molecule has 0 atom stereocenters. The Morgan fingerprint density at radius 2 is 1.72 bits per heavy atom. The lowest BCUT2D eigenvalue weighted by atomic mass is 9.98. The SMILES string of the molecule is CCc1ccc(OC(=O)C2CCN(S(=O)(=O)c3ccc4c(c3)CCC4)CC2)cc1. The number of sulfonamides is 1. The molecule has 0 radical (unpaired) electrons. The van der Waals surface area contributed by atoms with Crippen molar-refractivity contribution in [3.63, 3.8) is 0 Å². The predicted octanol–water partition coefficient (Wildman–Crippen LogP) is 3.74. The van der Waals surface area contributed by atoms with Crippen molar-refractivity contribution < 1.29 is 17.9 Å². The number of ether oxygens (including phenoxy) is 1. The van der Waals surface area contributed by atoms with Gasteiger partial charge in [0.25, 0.3) is 0 Å². The van der Waals surface area contributed by atoms with Crippen LogP contribution in [0.2, 0.25) is 0 Å².